The minimum absolute atomic E-state index is 0.201. The van der Waals surface area contributed by atoms with Gasteiger partial charge in [0.15, 0.2) is 0 Å². The van der Waals surface area contributed by atoms with Crippen LogP contribution in [0.4, 0.5) is 23.2 Å². The van der Waals surface area contributed by atoms with Crippen LogP contribution in [-0.4, -0.2) is 30.4 Å². The van der Waals surface area contributed by atoms with Gasteiger partial charge in [-0.1, -0.05) is 12.1 Å². The molecule has 1 aliphatic rings. The van der Waals surface area contributed by atoms with Crippen LogP contribution in [0.2, 0.25) is 0 Å². The van der Waals surface area contributed by atoms with E-state index in [-0.39, 0.29) is 5.69 Å². The zero-order valence-corrected chi connectivity index (χ0v) is 16.4. The Morgan fingerprint density at radius 1 is 0.968 bits per heavy atom. The van der Waals surface area contributed by atoms with E-state index in [1.807, 2.05) is 0 Å². The fourth-order valence-electron chi connectivity index (χ4n) is 3.28. The Labute approximate surface area is 176 Å². The molecule has 0 saturated carbocycles. The molecule has 9 heteroatoms. The third-order valence-corrected chi connectivity index (χ3v) is 5.02. The first-order chi connectivity index (χ1) is 14.7. The lowest BCUT2D eigenvalue weighted by Crippen LogP contribution is -2.61. The number of piperidine rings is 1. The molecule has 5 nitrogen and oxygen atoms in total. The molecule has 1 fully saturated rings. The highest BCUT2D eigenvalue weighted by molar-refractivity contribution is 6.03. The first kappa shape index (κ1) is 22.5. The van der Waals surface area contributed by atoms with Gasteiger partial charge in [0.05, 0.1) is 5.56 Å². The monoisotopic (exact) mass is 435 g/mol. The first-order valence-electron chi connectivity index (χ1n) is 9.63. The predicted octanol–water partition coefficient (Wildman–Crippen LogP) is 3.73. The van der Waals surface area contributed by atoms with Crippen molar-refractivity contribution in [1.82, 2.24) is 10.6 Å². The smallest absolute Gasteiger partial charge is 0.338 e. The van der Waals surface area contributed by atoms with Crippen molar-refractivity contribution in [1.29, 1.82) is 0 Å². The lowest BCUT2D eigenvalue weighted by Gasteiger charge is -2.36. The van der Waals surface area contributed by atoms with Gasteiger partial charge in [0.25, 0.3) is 0 Å². The normalized spacial score (nSPS) is 16.1. The number of rotatable bonds is 5. The van der Waals surface area contributed by atoms with E-state index in [9.17, 15) is 27.2 Å². The third-order valence-electron chi connectivity index (χ3n) is 5.02. The second-order valence-electron chi connectivity index (χ2n) is 7.24. The number of carbonyl (C=O) groups is 2. The topological polar surface area (TPSA) is 70.2 Å². The van der Waals surface area contributed by atoms with Gasteiger partial charge < -0.3 is 16.0 Å². The summed E-state index contributed by atoms with van der Waals surface area (Å²) in [5.41, 5.74) is -1.21. The Morgan fingerprint density at radius 2 is 1.58 bits per heavy atom. The zero-order chi connectivity index (χ0) is 22.5. The quantitative estimate of drug-likeness (QED) is 0.495. The molecule has 164 valence electrons. The van der Waals surface area contributed by atoms with Crippen LogP contribution in [0.25, 0.3) is 6.08 Å². The molecule has 2 amide bonds. The van der Waals surface area contributed by atoms with Crippen molar-refractivity contribution < 1.29 is 27.2 Å². The van der Waals surface area contributed by atoms with Gasteiger partial charge in [-0.15, -0.1) is 0 Å². The van der Waals surface area contributed by atoms with Crippen LogP contribution in [0.3, 0.4) is 0 Å². The lowest BCUT2D eigenvalue weighted by atomic mass is 9.87. The van der Waals surface area contributed by atoms with Crippen molar-refractivity contribution in [3.05, 3.63) is 71.6 Å². The van der Waals surface area contributed by atoms with Crippen LogP contribution in [0.1, 0.15) is 24.0 Å². The number of hydrogen-bond acceptors (Lipinski definition) is 3. The largest absolute Gasteiger partial charge is 0.416 e. The van der Waals surface area contributed by atoms with E-state index < -0.39 is 34.9 Å². The number of anilines is 1. The maximum absolute atomic E-state index is 13.0. The Kier molecular flexibility index (Phi) is 6.74. The summed E-state index contributed by atoms with van der Waals surface area (Å²) in [5.74, 6) is -1.40. The molecule has 3 rings (SSSR count). The number of carbonyl (C=O) groups excluding carboxylic acids is 2. The number of alkyl halides is 3. The molecule has 0 unspecified atom stereocenters. The summed E-state index contributed by atoms with van der Waals surface area (Å²) in [6, 6.07) is 9.67. The summed E-state index contributed by atoms with van der Waals surface area (Å²) in [4.78, 5) is 25.4. The molecule has 0 radical (unpaired) electrons. The van der Waals surface area contributed by atoms with Crippen molar-refractivity contribution in [3.63, 3.8) is 0 Å². The van der Waals surface area contributed by atoms with Gasteiger partial charge in [-0.05, 0) is 74.0 Å². The van der Waals surface area contributed by atoms with E-state index >= 15 is 0 Å². The second kappa shape index (κ2) is 9.30. The lowest BCUT2D eigenvalue weighted by molar-refractivity contribution is -0.137. The number of hydrogen-bond donors (Lipinski definition) is 3. The van der Waals surface area contributed by atoms with E-state index in [0.717, 1.165) is 12.1 Å². The highest BCUT2D eigenvalue weighted by Gasteiger charge is 2.40. The maximum Gasteiger partial charge on any atom is 0.416 e. The van der Waals surface area contributed by atoms with Gasteiger partial charge in [-0.2, -0.15) is 13.2 Å². The minimum Gasteiger partial charge on any atom is -0.338 e. The number of nitrogens with one attached hydrogen (secondary N) is 3. The molecular weight excluding hydrogens is 414 g/mol. The fraction of sp³-hybridized carbons (Fsp3) is 0.273. The highest BCUT2D eigenvalue weighted by atomic mass is 19.4. The highest BCUT2D eigenvalue weighted by Crippen LogP contribution is 2.30. The summed E-state index contributed by atoms with van der Waals surface area (Å²) >= 11 is 0. The van der Waals surface area contributed by atoms with Crippen molar-refractivity contribution in [2.75, 3.05) is 18.4 Å². The SMILES string of the molecule is O=C(/C=C/c1ccc(F)cc1)NC1(C(=O)Nc2ccc(C(F)(F)F)cc2)CCNCC1. The number of benzene rings is 2. The fourth-order valence-corrected chi connectivity index (χ4v) is 3.28. The molecular formula is C22H21F4N3O2. The number of halogens is 4. The Balaban J connectivity index is 1.71. The summed E-state index contributed by atoms with van der Waals surface area (Å²) in [6.07, 6.45) is -1.09. The molecule has 3 N–H and O–H groups in total. The Bertz CT molecular complexity index is 948. The molecule has 0 bridgehead atoms. The van der Waals surface area contributed by atoms with Crippen molar-refractivity contribution >= 4 is 23.6 Å². The van der Waals surface area contributed by atoms with E-state index in [2.05, 4.69) is 16.0 Å². The van der Waals surface area contributed by atoms with Gasteiger partial charge in [0, 0.05) is 11.8 Å². The molecule has 2 aromatic carbocycles. The van der Waals surface area contributed by atoms with Crippen LogP contribution in [0, 0.1) is 5.82 Å². The molecule has 0 aliphatic carbocycles. The Morgan fingerprint density at radius 3 is 2.16 bits per heavy atom. The maximum atomic E-state index is 13.0. The van der Waals surface area contributed by atoms with Gasteiger partial charge in [0.2, 0.25) is 11.8 Å². The van der Waals surface area contributed by atoms with E-state index in [1.54, 1.807) is 0 Å². The predicted molar refractivity (Wildman–Crippen MR) is 108 cm³/mol. The summed E-state index contributed by atoms with van der Waals surface area (Å²) < 4.78 is 51.2. The second-order valence-corrected chi connectivity index (χ2v) is 7.24. The molecule has 2 aromatic rings. The average Bonchev–Trinajstić information content (AvgIpc) is 2.74. The first-order valence-corrected chi connectivity index (χ1v) is 9.63. The molecule has 1 heterocycles. The summed E-state index contributed by atoms with van der Waals surface area (Å²) in [5, 5.41) is 8.45. The zero-order valence-electron chi connectivity index (χ0n) is 16.4. The van der Waals surface area contributed by atoms with Crippen molar-refractivity contribution in [2.45, 2.75) is 24.6 Å². The summed E-state index contributed by atoms with van der Waals surface area (Å²) in [7, 11) is 0. The van der Waals surface area contributed by atoms with Gasteiger partial charge in [-0.3, -0.25) is 9.59 Å². The van der Waals surface area contributed by atoms with E-state index in [4.69, 9.17) is 0 Å². The molecule has 1 saturated heterocycles. The van der Waals surface area contributed by atoms with Gasteiger partial charge in [-0.25, -0.2) is 4.39 Å². The van der Waals surface area contributed by atoms with Crippen LogP contribution in [0.15, 0.2) is 54.6 Å². The third kappa shape index (κ3) is 5.91. The van der Waals surface area contributed by atoms with Crippen molar-refractivity contribution in [3.8, 4) is 0 Å². The molecule has 0 spiro atoms. The van der Waals surface area contributed by atoms with Crippen LogP contribution in [-0.2, 0) is 15.8 Å². The van der Waals surface area contributed by atoms with E-state index in [1.165, 1.54) is 48.6 Å². The number of amides is 2. The van der Waals surface area contributed by atoms with E-state index in [0.29, 0.717) is 31.5 Å². The molecule has 1 aliphatic heterocycles. The van der Waals surface area contributed by atoms with Gasteiger partial charge >= 0.3 is 6.18 Å². The van der Waals surface area contributed by atoms with Crippen LogP contribution in [0.5, 0.6) is 0 Å². The standard InChI is InChI=1S/C22H21F4N3O2/c23-17-6-1-15(2-7-17)3-10-19(30)29-21(11-13-27-14-12-21)20(31)28-18-8-4-16(5-9-18)22(24,25)26/h1-10,27H,11-14H2,(H,28,31)(H,29,30)/b10-3+. The van der Waals surface area contributed by atoms with Crippen molar-refractivity contribution in [2.24, 2.45) is 0 Å². The van der Waals surface area contributed by atoms with Crippen LogP contribution >= 0.6 is 0 Å². The molecule has 0 atom stereocenters. The summed E-state index contributed by atoms with van der Waals surface area (Å²) in [6.45, 7) is 0.977. The Hall–Kier alpha value is -3.20. The molecule has 31 heavy (non-hydrogen) atoms. The minimum atomic E-state index is -4.47. The van der Waals surface area contributed by atoms with Crippen LogP contribution < -0.4 is 16.0 Å². The molecule has 0 aromatic heterocycles. The van der Waals surface area contributed by atoms with Gasteiger partial charge in [0.1, 0.15) is 11.4 Å². The average molecular weight is 435 g/mol.